The molecule has 0 unspecified atom stereocenters. The van der Waals surface area contributed by atoms with Crippen LogP contribution in [0.15, 0.2) is 12.3 Å². The molecule has 3 heterocycles. The van der Waals surface area contributed by atoms with E-state index in [1.54, 1.807) is 6.20 Å². The van der Waals surface area contributed by atoms with Crippen molar-refractivity contribution >= 4 is 12.3 Å². The van der Waals surface area contributed by atoms with Crippen molar-refractivity contribution in [3.63, 3.8) is 0 Å². The van der Waals surface area contributed by atoms with Crippen molar-refractivity contribution in [2.75, 3.05) is 18.0 Å². The lowest BCUT2D eigenvalue weighted by Gasteiger charge is -2.19. The molecule has 8 heteroatoms. The highest BCUT2D eigenvalue weighted by Crippen LogP contribution is 2.27. The van der Waals surface area contributed by atoms with Crippen LogP contribution in [0, 0.1) is 26.7 Å². The molecule has 1 aliphatic heterocycles. The highest BCUT2D eigenvalue weighted by molar-refractivity contribution is 5.49. The van der Waals surface area contributed by atoms with Crippen molar-refractivity contribution in [1.29, 1.82) is 0 Å². The number of rotatable bonds is 3. The van der Waals surface area contributed by atoms with Gasteiger partial charge in [-0.05, 0) is 44.4 Å². The first-order chi connectivity index (χ1) is 11.5. The fourth-order valence-corrected chi connectivity index (χ4v) is 2.89. The topological polar surface area (TPSA) is 115 Å². The van der Waals surface area contributed by atoms with Gasteiger partial charge in [0.1, 0.15) is 0 Å². The second-order valence-electron chi connectivity index (χ2n) is 6.06. The fourth-order valence-electron chi connectivity index (χ4n) is 2.89. The molecule has 3 N–H and O–H groups in total. The van der Waals surface area contributed by atoms with Gasteiger partial charge in [0.05, 0.1) is 18.0 Å². The summed E-state index contributed by atoms with van der Waals surface area (Å²) < 4.78 is 0. The Morgan fingerprint density at radius 3 is 2.71 bits per heavy atom. The number of aromatic amines is 1. The highest BCUT2D eigenvalue weighted by atomic mass is 16.3. The van der Waals surface area contributed by atoms with Crippen molar-refractivity contribution in [3.05, 3.63) is 34.8 Å². The minimum Gasteiger partial charge on any atom is -0.483 e. The average molecular weight is 333 g/mol. The van der Waals surface area contributed by atoms with E-state index in [-0.39, 0.29) is 18.5 Å². The predicted molar refractivity (Wildman–Crippen MR) is 88.9 cm³/mol. The van der Waals surface area contributed by atoms with Crippen LogP contribution >= 0.6 is 0 Å². The Balaban J connectivity index is 0.000000647. The van der Waals surface area contributed by atoms with Gasteiger partial charge in [0, 0.05) is 24.7 Å². The van der Waals surface area contributed by atoms with Crippen LogP contribution < -0.4 is 4.90 Å². The lowest BCUT2D eigenvalue weighted by atomic mass is 10.0. The summed E-state index contributed by atoms with van der Waals surface area (Å²) in [6, 6.07) is 2.03. The summed E-state index contributed by atoms with van der Waals surface area (Å²) in [6.07, 6.45) is 2.19. The van der Waals surface area contributed by atoms with Crippen LogP contribution in [0.2, 0.25) is 0 Å². The van der Waals surface area contributed by atoms with E-state index >= 15 is 0 Å². The van der Waals surface area contributed by atoms with Crippen molar-refractivity contribution in [2.24, 2.45) is 5.92 Å². The second kappa shape index (κ2) is 7.87. The zero-order valence-corrected chi connectivity index (χ0v) is 14.1. The predicted octanol–water partition coefficient (Wildman–Crippen LogP) is 0.866. The number of carbonyl (C=O) groups is 1. The summed E-state index contributed by atoms with van der Waals surface area (Å²) in [4.78, 5) is 10.5. The lowest BCUT2D eigenvalue weighted by Crippen LogP contribution is -2.23. The molecule has 0 saturated carbocycles. The van der Waals surface area contributed by atoms with Crippen LogP contribution in [-0.2, 0) is 11.2 Å². The van der Waals surface area contributed by atoms with E-state index in [9.17, 15) is 5.11 Å². The molecule has 2 aromatic rings. The molecule has 0 radical (unpaired) electrons. The molecular weight excluding hydrogens is 310 g/mol. The monoisotopic (exact) mass is 333 g/mol. The van der Waals surface area contributed by atoms with Gasteiger partial charge in [-0.15, -0.1) is 5.10 Å². The third-order valence-electron chi connectivity index (χ3n) is 4.27. The van der Waals surface area contributed by atoms with Gasteiger partial charge in [0.25, 0.3) is 6.47 Å². The number of H-pyrrole nitrogens is 1. The number of hydrogen-bond acceptors (Lipinski definition) is 6. The van der Waals surface area contributed by atoms with Crippen molar-refractivity contribution in [2.45, 2.75) is 33.3 Å². The molecule has 2 atom stereocenters. The van der Waals surface area contributed by atoms with Gasteiger partial charge in [-0.2, -0.15) is 10.2 Å². The number of hydrogen-bond donors (Lipinski definition) is 3. The van der Waals surface area contributed by atoms with E-state index in [4.69, 9.17) is 9.90 Å². The Labute approximate surface area is 140 Å². The smallest absolute Gasteiger partial charge is 0.290 e. The van der Waals surface area contributed by atoms with Crippen LogP contribution in [0.3, 0.4) is 0 Å². The number of anilines is 1. The van der Waals surface area contributed by atoms with Crippen LogP contribution in [0.25, 0.3) is 0 Å². The molecule has 0 amide bonds. The molecule has 0 aromatic carbocycles. The summed E-state index contributed by atoms with van der Waals surface area (Å²) in [5.41, 5.74) is 4.31. The molecule has 1 aliphatic rings. The Bertz CT molecular complexity index is 688. The highest BCUT2D eigenvalue weighted by Gasteiger charge is 2.33. The molecule has 24 heavy (non-hydrogen) atoms. The van der Waals surface area contributed by atoms with Gasteiger partial charge in [-0.25, -0.2) is 0 Å². The number of aliphatic hydroxyl groups excluding tert-OH is 1. The van der Waals surface area contributed by atoms with Gasteiger partial charge in [0.2, 0.25) is 0 Å². The van der Waals surface area contributed by atoms with Gasteiger partial charge >= 0.3 is 0 Å². The van der Waals surface area contributed by atoms with Gasteiger partial charge in [0.15, 0.2) is 5.82 Å². The molecular formula is C16H23N5O3. The number of aryl methyl sites for hydroxylation is 2. The number of aromatic nitrogens is 4. The summed E-state index contributed by atoms with van der Waals surface area (Å²) in [6.45, 7) is 7.21. The molecule has 3 rings (SSSR count). The number of nitrogens with zero attached hydrogens (tertiary/aromatic N) is 4. The van der Waals surface area contributed by atoms with Crippen molar-refractivity contribution < 1.29 is 15.0 Å². The number of nitrogens with one attached hydrogen (secondary N) is 1. The SMILES string of the molecule is Cc1cc(C[C@@H]2CN(c3nncc(C)c3C)C[C@@H]2O)n[nH]1.O=CO. The lowest BCUT2D eigenvalue weighted by molar-refractivity contribution is -0.122. The average Bonchev–Trinajstić information content (AvgIpc) is 3.10. The zero-order valence-electron chi connectivity index (χ0n) is 14.1. The molecule has 8 nitrogen and oxygen atoms in total. The van der Waals surface area contributed by atoms with E-state index < -0.39 is 0 Å². The summed E-state index contributed by atoms with van der Waals surface area (Å²) in [7, 11) is 0. The molecule has 130 valence electrons. The molecule has 2 aromatic heterocycles. The molecule has 0 aliphatic carbocycles. The van der Waals surface area contributed by atoms with Crippen molar-refractivity contribution in [3.8, 4) is 0 Å². The fraction of sp³-hybridized carbons (Fsp3) is 0.500. The Kier molecular flexibility index (Phi) is 5.86. The summed E-state index contributed by atoms with van der Waals surface area (Å²) in [5, 5.41) is 32.7. The number of aliphatic hydroxyl groups is 1. The normalized spacial score (nSPS) is 19.8. The molecule has 1 fully saturated rings. The van der Waals surface area contributed by atoms with Gasteiger partial charge < -0.3 is 15.1 Å². The van der Waals surface area contributed by atoms with Crippen LogP contribution in [-0.4, -0.2) is 56.3 Å². The number of carboxylic acid groups (broad SMARTS) is 1. The Hall–Kier alpha value is -2.48. The van der Waals surface area contributed by atoms with E-state index in [1.807, 2.05) is 19.9 Å². The third kappa shape index (κ3) is 4.08. The minimum atomic E-state index is -0.358. The zero-order chi connectivity index (χ0) is 17.7. The van der Waals surface area contributed by atoms with E-state index in [1.165, 1.54) is 0 Å². The molecule has 0 spiro atoms. The second-order valence-corrected chi connectivity index (χ2v) is 6.06. The molecule has 0 bridgehead atoms. The third-order valence-corrected chi connectivity index (χ3v) is 4.27. The maximum Gasteiger partial charge on any atom is 0.290 e. The standard InChI is InChI=1S/C15H21N5O.CH2O2/c1-9-6-16-19-15(11(9)3)20-7-12(14(21)8-20)5-13-4-10(2)17-18-13;2-1-3/h4,6,12,14,21H,5,7-8H2,1-3H3,(H,17,18);1H,(H,2,3)/t12-,14+;/m1./s1. The number of β-amino-alcohol motifs (C(OH)–C–C–N with tert-alkyl or cyclic N) is 1. The Morgan fingerprint density at radius 2 is 2.08 bits per heavy atom. The first-order valence-electron chi connectivity index (χ1n) is 7.76. The maximum absolute atomic E-state index is 10.3. The van der Waals surface area contributed by atoms with Crippen molar-refractivity contribution in [1.82, 2.24) is 20.4 Å². The maximum atomic E-state index is 10.3. The van der Waals surface area contributed by atoms with Gasteiger partial charge in [-0.3, -0.25) is 9.89 Å². The largest absolute Gasteiger partial charge is 0.483 e. The van der Waals surface area contributed by atoms with E-state index in [0.29, 0.717) is 6.54 Å². The van der Waals surface area contributed by atoms with E-state index in [0.717, 1.165) is 41.3 Å². The summed E-state index contributed by atoms with van der Waals surface area (Å²) in [5.74, 6) is 1.06. The minimum absolute atomic E-state index is 0.175. The first-order valence-corrected chi connectivity index (χ1v) is 7.76. The first kappa shape index (κ1) is 17.9. The van der Waals surface area contributed by atoms with Crippen LogP contribution in [0.1, 0.15) is 22.5 Å². The van der Waals surface area contributed by atoms with Crippen LogP contribution in [0.4, 0.5) is 5.82 Å². The van der Waals surface area contributed by atoms with Gasteiger partial charge in [-0.1, -0.05) is 0 Å². The Morgan fingerprint density at radius 1 is 1.38 bits per heavy atom. The quantitative estimate of drug-likeness (QED) is 0.714. The summed E-state index contributed by atoms with van der Waals surface area (Å²) >= 11 is 0. The van der Waals surface area contributed by atoms with Crippen LogP contribution in [0.5, 0.6) is 0 Å². The van der Waals surface area contributed by atoms with E-state index in [2.05, 4.69) is 32.2 Å². The molecule has 1 saturated heterocycles.